The van der Waals surface area contributed by atoms with Crippen LogP contribution < -0.4 is 9.64 Å². The fourth-order valence-electron chi connectivity index (χ4n) is 2.57. The fraction of sp³-hybridized carbons (Fsp3) is 0.636. The molecule has 92 valence electrons. The van der Waals surface area contributed by atoms with E-state index in [1.807, 2.05) is 4.90 Å². The van der Waals surface area contributed by atoms with Gasteiger partial charge in [-0.1, -0.05) is 0 Å². The molecule has 1 spiro atoms. The van der Waals surface area contributed by atoms with Crippen LogP contribution in [0.4, 0.5) is 14.6 Å². The number of nitrogens with zero attached hydrogens (tertiary/aromatic N) is 3. The lowest BCUT2D eigenvalue weighted by molar-refractivity contribution is -0.135. The maximum absolute atomic E-state index is 13.1. The molecule has 0 unspecified atom stereocenters. The molecule has 0 radical (unpaired) electrons. The van der Waals surface area contributed by atoms with Gasteiger partial charge in [-0.25, -0.2) is 18.7 Å². The van der Waals surface area contributed by atoms with E-state index in [1.165, 1.54) is 0 Å². The quantitative estimate of drug-likeness (QED) is 0.694. The number of rotatable bonds is 0. The van der Waals surface area contributed by atoms with Crippen molar-refractivity contribution in [1.29, 1.82) is 0 Å². The topological polar surface area (TPSA) is 38.2 Å². The van der Waals surface area contributed by atoms with Gasteiger partial charge in [0.05, 0.1) is 11.7 Å². The van der Waals surface area contributed by atoms with Crippen LogP contribution in [0.5, 0.6) is 5.75 Å². The Kier molecular flexibility index (Phi) is 1.92. The first-order valence-corrected chi connectivity index (χ1v) is 5.50. The van der Waals surface area contributed by atoms with Crippen molar-refractivity contribution in [2.45, 2.75) is 31.2 Å². The lowest BCUT2D eigenvalue weighted by atomic mass is 9.72. The van der Waals surface area contributed by atoms with Crippen LogP contribution in [-0.4, -0.2) is 35.1 Å². The Bertz CT molecular complexity index is 470. The minimum absolute atomic E-state index is 0.168. The van der Waals surface area contributed by atoms with Crippen LogP contribution in [0, 0.1) is 6.92 Å². The number of halogens is 2. The summed E-state index contributed by atoms with van der Waals surface area (Å²) in [5.41, 5.74) is -0.600. The van der Waals surface area contributed by atoms with Gasteiger partial charge in [0, 0.05) is 19.9 Å². The number of hydrogen-bond acceptors (Lipinski definition) is 4. The molecule has 3 rings (SSSR count). The van der Waals surface area contributed by atoms with E-state index in [4.69, 9.17) is 4.74 Å². The van der Waals surface area contributed by atoms with Gasteiger partial charge in [-0.2, -0.15) is 0 Å². The van der Waals surface area contributed by atoms with E-state index < -0.39 is 11.5 Å². The second kappa shape index (κ2) is 3.05. The Morgan fingerprint density at radius 1 is 1.41 bits per heavy atom. The zero-order valence-corrected chi connectivity index (χ0v) is 9.70. The molecular weight excluding hydrogens is 228 g/mol. The van der Waals surface area contributed by atoms with Gasteiger partial charge in [-0.05, 0) is 6.92 Å². The molecule has 17 heavy (non-hydrogen) atoms. The van der Waals surface area contributed by atoms with Crippen LogP contribution in [0.2, 0.25) is 0 Å². The van der Waals surface area contributed by atoms with Crippen molar-refractivity contribution in [3.05, 3.63) is 12.0 Å². The minimum atomic E-state index is -2.57. The summed E-state index contributed by atoms with van der Waals surface area (Å²) in [4.78, 5) is 10.1. The Balaban J connectivity index is 1.96. The number of fused-ring (bicyclic) bond motifs is 1. The summed E-state index contributed by atoms with van der Waals surface area (Å²) in [5, 5.41) is 0. The number of aryl methyl sites for hydroxylation is 1. The summed E-state index contributed by atoms with van der Waals surface area (Å²) in [7, 11) is 1.79. The summed E-state index contributed by atoms with van der Waals surface area (Å²) in [5.74, 6) is -0.780. The molecule has 1 aromatic heterocycles. The first-order valence-electron chi connectivity index (χ1n) is 5.50. The number of aromatic nitrogens is 2. The summed E-state index contributed by atoms with van der Waals surface area (Å²) in [6.07, 6.45) is 1.26. The lowest BCUT2D eigenvalue weighted by Crippen LogP contribution is -2.66. The highest BCUT2D eigenvalue weighted by Crippen LogP contribution is 2.52. The van der Waals surface area contributed by atoms with Crippen molar-refractivity contribution in [1.82, 2.24) is 9.97 Å². The van der Waals surface area contributed by atoms with Crippen LogP contribution in [0.15, 0.2) is 6.20 Å². The first kappa shape index (κ1) is 10.7. The molecular formula is C11H13F2N3O. The molecule has 6 heteroatoms. The van der Waals surface area contributed by atoms with Gasteiger partial charge in [-0.3, -0.25) is 0 Å². The molecule has 1 aliphatic heterocycles. The second-order valence-electron chi connectivity index (χ2n) is 4.89. The summed E-state index contributed by atoms with van der Waals surface area (Å²) in [6.45, 7) is 2.04. The molecule has 0 aromatic carbocycles. The van der Waals surface area contributed by atoms with Crippen molar-refractivity contribution in [3.63, 3.8) is 0 Å². The van der Waals surface area contributed by atoms with E-state index >= 15 is 0 Å². The molecule has 0 bridgehead atoms. The maximum atomic E-state index is 13.1. The van der Waals surface area contributed by atoms with Gasteiger partial charge in [0.1, 0.15) is 12.4 Å². The monoisotopic (exact) mass is 241 g/mol. The van der Waals surface area contributed by atoms with E-state index in [1.54, 1.807) is 20.2 Å². The van der Waals surface area contributed by atoms with E-state index in [-0.39, 0.29) is 19.4 Å². The number of anilines is 1. The molecule has 0 atom stereocenters. The molecule has 0 N–H and O–H groups in total. The van der Waals surface area contributed by atoms with Gasteiger partial charge in [0.2, 0.25) is 0 Å². The van der Waals surface area contributed by atoms with Crippen LogP contribution >= 0.6 is 0 Å². The van der Waals surface area contributed by atoms with Gasteiger partial charge in [0.25, 0.3) is 5.92 Å². The normalized spacial score (nSPS) is 23.9. The molecule has 2 aliphatic rings. The van der Waals surface area contributed by atoms with E-state index in [0.29, 0.717) is 17.4 Å². The average Bonchev–Trinajstić information content (AvgIpc) is 2.21. The van der Waals surface area contributed by atoms with E-state index in [0.717, 1.165) is 0 Å². The van der Waals surface area contributed by atoms with E-state index in [2.05, 4.69) is 9.97 Å². The van der Waals surface area contributed by atoms with Crippen molar-refractivity contribution in [2.24, 2.45) is 0 Å². The number of alkyl halides is 2. The highest BCUT2D eigenvalue weighted by Gasteiger charge is 2.61. The van der Waals surface area contributed by atoms with Crippen molar-refractivity contribution >= 4 is 5.82 Å². The van der Waals surface area contributed by atoms with E-state index in [9.17, 15) is 8.78 Å². The van der Waals surface area contributed by atoms with Crippen molar-refractivity contribution < 1.29 is 13.5 Å². The summed E-state index contributed by atoms with van der Waals surface area (Å²) >= 11 is 0. The zero-order valence-electron chi connectivity index (χ0n) is 9.70. The standard InChI is InChI=1S/C11H13F2N3O/c1-7-14-3-8-9(15-7)16(2)10(6-17-8)4-11(12,13)5-10/h3H,4-6H2,1-2H3. The van der Waals surface area contributed by atoms with Crippen LogP contribution in [0.1, 0.15) is 18.7 Å². The number of ether oxygens (including phenoxy) is 1. The summed E-state index contributed by atoms with van der Waals surface area (Å²) in [6, 6.07) is 0. The van der Waals surface area contributed by atoms with Crippen LogP contribution in [0.3, 0.4) is 0 Å². The van der Waals surface area contributed by atoms with Gasteiger partial charge in [-0.15, -0.1) is 0 Å². The SMILES string of the molecule is Cc1ncc2c(n1)N(C)C1(CO2)CC(F)(F)C1. The zero-order chi connectivity index (χ0) is 12.3. The summed E-state index contributed by atoms with van der Waals surface area (Å²) < 4.78 is 31.7. The van der Waals surface area contributed by atoms with Gasteiger partial charge in [0.15, 0.2) is 11.6 Å². The predicted molar refractivity (Wildman–Crippen MR) is 57.6 cm³/mol. The Morgan fingerprint density at radius 2 is 2.12 bits per heavy atom. The molecule has 1 fully saturated rings. The smallest absolute Gasteiger partial charge is 0.252 e. The molecule has 0 saturated heterocycles. The third-order valence-corrected chi connectivity index (χ3v) is 3.56. The molecule has 4 nitrogen and oxygen atoms in total. The van der Waals surface area contributed by atoms with Crippen molar-refractivity contribution in [3.8, 4) is 5.75 Å². The lowest BCUT2D eigenvalue weighted by Gasteiger charge is -2.54. The number of hydrogen-bond donors (Lipinski definition) is 0. The molecule has 2 heterocycles. The fourth-order valence-corrected chi connectivity index (χ4v) is 2.57. The molecule has 1 saturated carbocycles. The number of likely N-dealkylation sites (N-methyl/N-ethyl adjacent to an activating group) is 1. The largest absolute Gasteiger partial charge is 0.486 e. The van der Waals surface area contributed by atoms with Gasteiger partial charge >= 0.3 is 0 Å². The maximum Gasteiger partial charge on any atom is 0.252 e. The highest BCUT2D eigenvalue weighted by atomic mass is 19.3. The first-order chi connectivity index (χ1) is 7.92. The van der Waals surface area contributed by atoms with Gasteiger partial charge < -0.3 is 9.64 Å². The third kappa shape index (κ3) is 1.46. The predicted octanol–water partition coefficient (Wildman–Crippen LogP) is 1.78. The molecule has 1 aromatic rings. The minimum Gasteiger partial charge on any atom is -0.486 e. The Morgan fingerprint density at radius 3 is 2.76 bits per heavy atom. The molecule has 1 aliphatic carbocycles. The average molecular weight is 241 g/mol. The highest BCUT2D eigenvalue weighted by molar-refractivity contribution is 5.56. The van der Waals surface area contributed by atoms with Crippen molar-refractivity contribution in [2.75, 3.05) is 18.6 Å². The molecule has 0 amide bonds. The Labute approximate surface area is 97.6 Å². The van der Waals surface area contributed by atoms with Crippen LogP contribution in [-0.2, 0) is 0 Å². The second-order valence-corrected chi connectivity index (χ2v) is 4.89. The Hall–Kier alpha value is -1.46. The third-order valence-electron chi connectivity index (χ3n) is 3.56. The van der Waals surface area contributed by atoms with Crippen LogP contribution in [0.25, 0.3) is 0 Å².